The molecule has 1 aliphatic rings. The minimum atomic E-state index is -4.55. The van der Waals surface area contributed by atoms with Crippen molar-refractivity contribution in [2.24, 2.45) is 0 Å². The highest BCUT2D eigenvalue weighted by atomic mass is 19.4. The lowest BCUT2D eigenvalue weighted by Crippen LogP contribution is -2.51. The van der Waals surface area contributed by atoms with Crippen LogP contribution in [0, 0.1) is 0 Å². The van der Waals surface area contributed by atoms with Crippen LogP contribution in [-0.2, 0) is 12.7 Å². The van der Waals surface area contributed by atoms with Crippen LogP contribution in [0.15, 0.2) is 60.9 Å². The maximum absolute atomic E-state index is 13.3. The molecule has 11 heteroatoms. The van der Waals surface area contributed by atoms with E-state index in [0.29, 0.717) is 30.3 Å². The van der Waals surface area contributed by atoms with Gasteiger partial charge < -0.3 is 24.6 Å². The highest BCUT2D eigenvalue weighted by molar-refractivity contribution is 6.06. The lowest BCUT2D eigenvalue weighted by molar-refractivity contribution is -0.137. The molecule has 0 bridgehead atoms. The van der Waals surface area contributed by atoms with E-state index >= 15 is 0 Å². The number of aliphatic hydroxyl groups excluding tert-OH is 1. The van der Waals surface area contributed by atoms with E-state index in [2.05, 4.69) is 15.3 Å². The number of ether oxygens (including phenoxy) is 1. The molecule has 1 saturated heterocycles. The number of fused-ring (bicyclic) bond motifs is 1. The summed E-state index contributed by atoms with van der Waals surface area (Å²) in [6.07, 6.45) is -2.66. The Morgan fingerprint density at radius 1 is 1.11 bits per heavy atom. The smallest absolute Gasteiger partial charge is 0.417 e. The minimum absolute atomic E-state index is 0.155. The Bertz CT molecular complexity index is 1400. The average Bonchev–Trinajstić information content (AvgIpc) is 3.20. The maximum atomic E-state index is 13.3. The van der Waals surface area contributed by atoms with Crippen molar-refractivity contribution in [1.29, 1.82) is 0 Å². The van der Waals surface area contributed by atoms with Crippen LogP contribution >= 0.6 is 0 Å². The van der Waals surface area contributed by atoms with Gasteiger partial charge in [0.25, 0.3) is 5.91 Å². The van der Waals surface area contributed by atoms with E-state index < -0.39 is 17.6 Å². The van der Waals surface area contributed by atoms with Crippen LogP contribution in [0.5, 0.6) is 5.75 Å². The Labute approximate surface area is 204 Å². The number of alkyl halides is 3. The van der Waals surface area contributed by atoms with E-state index in [1.54, 1.807) is 35.9 Å². The van der Waals surface area contributed by atoms with Gasteiger partial charge in [0, 0.05) is 31.2 Å². The first-order valence-corrected chi connectivity index (χ1v) is 11.1. The standard InChI is InChI=1S/C25H22F3N5O3/c1-36-20-5-2-15(3-6-20)12-33-21(9-16-8-17(25(26,27)28)10-30-23(16)33)24(35)31-18-4-7-22(29-11-18)32-13-19(34)14-32/h2-11,19,34H,12-14H2,1H3,(H,31,35). The van der Waals surface area contributed by atoms with Crippen molar-refractivity contribution in [1.82, 2.24) is 14.5 Å². The molecular weight excluding hydrogens is 475 g/mol. The summed E-state index contributed by atoms with van der Waals surface area (Å²) in [4.78, 5) is 23.5. The maximum Gasteiger partial charge on any atom is 0.417 e. The monoisotopic (exact) mass is 497 g/mol. The second kappa shape index (κ2) is 9.15. The topological polar surface area (TPSA) is 92.5 Å². The summed E-state index contributed by atoms with van der Waals surface area (Å²) >= 11 is 0. The van der Waals surface area contributed by atoms with Gasteiger partial charge in [-0.3, -0.25) is 4.79 Å². The zero-order valence-electron chi connectivity index (χ0n) is 19.2. The highest BCUT2D eigenvalue weighted by Gasteiger charge is 2.32. The van der Waals surface area contributed by atoms with Gasteiger partial charge in [0.1, 0.15) is 22.9 Å². The van der Waals surface area contributed by atoms with E-state index in [9.17, 15) is 23.1 Å². The molecule has 1 aromatic carbocycles. The third-order valence-corrected chi connectivity index (χ3v) is 5.99. The zero-order chi connectivity index (χ0) is 25.4. The molecule has 36 heavy (non-hydrogen) atoms. The summed E-state index contributed by atoms with van der Waals surface area (Å²) < 4.78 is 46.6. The number of nitrogens with zero attached hydrogens (tertiary/aromatic N) is 4. The van der Waals surface area contributed by atoms with Crippen molar-refractivity contribution < 1.29 is 27.8 Å². The molecule has 0 aliphatic carbocycles. The molecule has 5 rings (SSSR count). The van der Waals surface area contributed by atoms with Crippen LogP contribution in [0.2, 0.25) is 0 Å². The summed E-state index contributed by atoms with van der Waals surface area (Å²) in [6, 6.07) is 13.0. The Balaban J connectivity index is 1.46. The van der Waals surface area contributed by atoms with Crippen LogP contribution in [0.3, 0.4) is 0 Å². The van der Waals surface area contributed by atoms with Gasteiger partial charge in [0.05, 0.1) is 30.7 Å². The number of carbonyl (C=O) groups excluding carboxylic acids is 1. The minimum Gasteiger partial charge on any atom is -0.497 e. The van der Waals surface area contributed by atoms with Crippen LogP contribution in [0.1, 0.15) is 21.6 Å². The van der Waals surface area contributed by atoms with Crippen molar-refractivity contribution >= 4 is 28.4 Å². The van der Waals surface area contributed by atoms with Gasteiger partial charge >= 0.3 is 6.18 Å². The van der Waals surface area contributed by atoms with Crippen LogP contribution in [0.25, 0.3) is 11.0 Å². The molecular formula is C25H22F3N5O3. The molecule has 0 spiro atoms. The number of amides is 1. The van der Waals surface area contributed by atoms with Crippen molar-refractivity contribution in [3.8, 4) is 5.75 Å². The van der Waals surface area contributed by atoms with Gasteiger partial charge in [-0.1, -0.05) is 12.1 Å². The first-order valence-electron chi connectivity index (χ1n) is 11.1. The predicted molar refractivity (Wildman–Crippen MR) is 127 cm³/mol. The number of halogens is 3. The number of rotatable bonds is 6. The quantitative estimate of drug-likeness (QED) is 0.419. The van der Waals surface area contributed by atoms with Crippen molar-refractivity contribution in [2.45, 2.75) is 18.8 Å². The number of aliphatic hydroxyl groups is 1. The fourth-order valence-electron chi connectivity index (χ4n) is 4.05. The predicted octanol–water partition coefficient (Wildman–Crippen LogP) is 3.94. The molecule has 1 aliphatic heterocycles. The van der Waals surface area contributed by atoms with Gasteiger partial charge in [0.15, 0.2) is 0 Å². The van der Waals surface area contributed by atoms with Gasteiger partial charge in [-0.25, -0.2) is 9.97 Å². The van der Waals surface area contributed by atoms with E-state index in [-0.39, 0.29) is 29.4 Å². The zero-order valence-corrected chi connectivity index (χ0v) is 19.2. The second-order valence-corrected chi connectivity index (χ2v) is 8.52. The largest absolute Gasteiger partial charge is 0.497 e. The van der Waals surface area contributed by atoms with Gasteiger partial charge in [-0.15, -0.1) is 0 Å². The molecule has 186 valence electrons. The SMILES string of the molecule is COc1ccc(Cn2c(C(=O)Nc3ccc(N4CC(O)C4)nc3)cc3cc(C(F)(F)F)cnc32)cc1. The number of benzene rings is 1. The number of methoxy groups -OCH3 is 1. The number of β-amino-alcohol motifs (C(OH)–C–C–N with tert-alkyl or cyclic N) is 1. The van der Waals surface area contributed by atoms with Crippen molar-refractivity contribution in [2.75, 3.05) is 30.4 Å². The summed E-state index contributed by atoms with van der Waals surface area (Å²) in [5, 5.41) is 12.4. The van der Waals surface area contributed by atoms with E-state index in [0.717, 1.165) is 17.8 Å². The third-order valence-electron chi connectivity index (χ3n) is 5.99. The number of anilines is 2. The van der Waals surface area contributed by atoms with Crippen molar-refractivity contribution in [3.63, 3.8) is 0 Å². The number of pyridine rings is 2. The molecule has 2 N–H and O–H groups in total. The number of nitrogens with one attached hydrogen (secondary N) is 1. The molecule has 1 amide bonds. The lowest BCUT2D eigenvalue weighted by Gasteiger charge is -2.36. The van der Waals surface area contributed by atoms with Crippen molar-refractivity contribution in [3.05, 3.63) is 77.7 Å². The third kappa shape index (κ3) is 4.69. The normalized spacial score (nSPS) is 14.1. The molecule has 0 atom stereocenters. The van der Waals surface area contributed by atoms with E-state index in [1.165, 1.54) is 12.3 Å². The Kier molecular flexibility index (Phi) is 6.00. The Morgan fingerprint density at radius 2 is 1.86 bits per heavy atom. The van der Waals surface area contributed by atoms with Crippen LogP contribution in [-0.4, -0.2) is 51.9 Å². The summed E-state index contributed by atoms with van der Waals surface area (Å²) in [7, 11) is 1.55. The highest BCUT2D eigenvalue weighted by Crippen LogP contribution is 2.32. The fraction of sp³-hybridized carbons (Fsp3) is 0.240. The first-order chi connectivity index (χ1) is 17.2. The molecule has 0 radical (unpaired) electrons. The summed E-state index contributed by atoms with van der Waals surface area (Å²) in [6.45, 7) is 1.21. The van der Waals surface area contributed by atoms with Gasteiger partial charge in [0.2, 0.25) is 0 Å². The molecule has 1 fully saturated rings. The number of aromatic nitrogens is 3. The average molecular weight is 497 g/mol. The number of hydrogen-bond donors (Lipinski definition) is 2. The lowest BCUT2D eigenvalue weighted by atomic mass is 10.2. The first kappa shape index (κ1) is 23.6. The Morgan fingerprint density at radius 3 is 2.47 bits per heavy atom. The molecule has 3 aromatic heterocycles. The molecule has 8 nitrogen and oxygen atoms in total. The van der Waals surface area contributed by atoms with Gasteiger partial charge in [-0.05, 0) is 42.0 Å². The van der Waals surface area contributed by atoms with Gasteiger partial charge in [-0.2, -0.15) is 13.2 Å². The molecule has 0 saturated carbocycles. The molecule has 4 heterocycles. The molecule has 4 aromatic rings. The van der Waals surface area contributed by atoms with Crippen LogP contribution < -0.4 is 15.0 Å². The van der Waals surface area contributed by atoms with Crippen LogP contribution in [0.4, 0.5) is 24.7 Å². The summed E-state index contributed by atoms with van der Waals surface area (Å²) in [5.74, 6) is 0.825. The van der Waals surface area contributed by atoms with E-state index in [1.807, 2.05) is 17.0 Å². The second-order valence-electron chi connectivity index (χ2n) is 8.52. The van der Waals surface area contributed by atoms with E-state index in [4.69, 9.17) is 4.74 Å². The summed E-state index contributed by atoms with van der Waals surface area (Å²) in [5.41, 5.74) is 0.762. The number of carbonyl (C=O) groups is 1. The molecule has 0 unspecified atom stereocenters. The number of hydrogen-bond acceptors (Lipinski definition) is 6. The Hall–Kier alpha value is -4.12. The fourth-order valence-corrected chi connectivity index (χ4v) is 4.05.